The molecule has 4 heteroatoms. The summed E-state index contributed by atoms with van der Waals surface area (Å²) in [4.78, 5) is 0. The molecule has 1 aromatic rings. The molecule has 0 aliphatic rings. The molecule has 0 radical (unpaired) electrons. The minimum absolute atomic E-state index is 0.0545. The Morgan fingerprint density at radius 2 is 1.25 bits per heavy atom. The first-order valence-electron chi connectivity index (χ1n) is 11.4. The summed E-state index contributed by atoms with van der Waals surface area (Å²) in [6.07, 6.45) is 14.7. The van der Waals surface area contributed by atoms with Crippen molar-refractivity contribution in [1.82, 2.24) is 0 Å². The number of aliphatic hydroxyl groups excluding tert-OH is 1. The maximum absolute atomic E-state index is 8.62. The molecule has 0 aliphatic carbocycles. The lowest BCUT2D eigenvalue weighted by Gasteiger charge is -2.12. The van der Waals surface area contributed by atoms with Gasteiger partial charge in [0.05, 0.1) is 33.0 Å². The van der Waals surface area contributed by atoms with Crippen LogP contribution in [0, 0.1) is 0 Å². The quantitative estimate of drug-likeness (QED) is 0.294. The van der Waals surface area contributed by atoms with E-state index in [0.717, 1.165) is 12.2 Å². The van der Waals surface area contributed by atoms with Crippen molar-refractivity contribution in [3.8, 4) is 5.75 Å². The van der Waals surface area contributed by atoms with Crippen molar-refractivity contribution >= 4 is 0 Å². The van der Waals surface area contributed by atoms with Gasteiger partial charge in [-0.3, -0.25) is 0 Å². The molecule has 0 fully saturated rings. The van der Waals surface area contributed by atoms with Crippen LogP contribution in [0.25, 0.3) is 0 Å². The molecule has 162 valence electrons. The minimum Gasteiger partial charge on any atom is -0.491 e. The Balaban J connectivity index is 2.05. The summed E-state index contributed by atoms with van der Waals surface area (Å²) in [6.45, 7) is 4.84. The average Bonchev–Trinajstić information content (AvgIpc) is 2.72. The molecule has 0 heterocycles. The monoisotopic (exact) mass is 394 g/mol. The fourth-order valence-electron chi connectivity index (χ4n) is 3.25. The highest BCUT2D eigenvalue weighted by molar-refractivity contribution is 5.33. The van der Waals surface area contributed by atoms with Crippen LogP contribution in [0.1, 0.15) is 76.7 Å². The van der Waals surface area contributed by atoms with Gasteiger partial charge in [-0.1, -0.05) is 82.9 Å². The van der Waals surface area contributed by atoms with Gasteiger partial charge in [-0.15, -0.1) is 0 Å². The molecule has 0 bridgehead atoms. The number of aliphatic hydroxyl groups is 1. The van der Waals surface area contributed by atoms with Crippen LogP contribution in [-0.4, -0.2) is 44.7 Å². The smallest absolute Gasteiger partial charge is 0.122 e. The molecule has 1 N–H and O–H groups in total. The van der Waals surface area contributed by atoms with Gasteiger partial charge < -0.3 is 19.3 Å². The van der Waals surface area contributed by atoms with Crippen LogP contribution >= 0.6 is 0 Å². The molecule has 0 aliphatic heterocycles. The second-order valence-corrected chi connectivity index (χ2v) is 7.34. The highest BCUT2D eigenvalue weighted by Gasteiger charge is 2.03. The molecule has 0 spiro atoms. The summed E-state index contributed by atoms with van der Waals surface area (Å²) in [5.41, 5.74) is 1.30. The first kappa shape index (κ1) is 24.9. The molecule has 1 rings (SSSR count). The highest BCUT2D eigenvalue weighted by Crippen LogP contribution is 2.21. The van der Waals surface area contributed by atoms with E-state index in [1.807, 2.05) is 6.07 Å². The molecule has 4 nitrogen and oxygen atoms in total. The van der Waals surface area contributed by atoms with Gasteiger partial charge >= 0.3 is 0 Å². The minimum atomic E-state index is 0.0545. The van der Waals surface area contributed by atoms with Gasteiger partial charge in [-0.05, 0) is 24.5 Å². The Morgan fingerprint density at radius 1 is 0.679 bits per heavy atom. The number of rotatable bonds is 20. The SMILES string of the molecule is CCCCCCCCCCCCc1ccccc1OCCOCCOCCO. The van der Waals surface area contributed by atoms with E-state index in [9.17, 15) is 0 Å². The van der Waals surface area contributed by atoms with Crippen molar-refractivity contribution in [2.75, 3.05) is 39.6 Å². The van der Waals surface area contributed by atoms with E-state index >= 15 is 0 Å². The number of ether oxygens (including phenoxy) is 3. The van der Waals surface area contributed by atoms with Crippen molar-refractivity contribution in [3.63, 3.8) is 0 Å². The predicted octanol–water partition coefficient (Wildman–Crippen LogP) is 5.55. The van der Waals surface area contributed by atoms with Gasteiger partial charge in [-0.25, -0.2) is 0 Å². The van der Waals surface area contributed by atoms with Crippen LogP contribution in [0.15, 0.2) is 24.3 Å². The summed E-state index contributed by atoms with van der Waals surface area (Å²) in [7, 11) is 0. The maximum atomic E-state index is 8.62. The molecular weight excluding hydrogens is 352 g/mol. The number of hydrogen-bond donors (Lipinski definition) is 1. The summed E-state index contributed by atoms with van der Waals surface area (Å²) in [5, 5.41) is 8.62. The van der Waals surface area contributed by atoms with Crippen molar-refractivity contribution < 1.29 is 19.3 Å². The zero-order valence-electron chi connectivity index (χ0n) is 18.0. The average molecular weight is 395 g/mol. The van der Waals surface area contributed by atoms with Crippen LogP contribution in [0.5, 0.6) is 5.75 Å². The zero-order valence-corrected chi connectivity index (χ0v) is 18.0. The van der Waals surface area contributed by atoms with Gasteiger partial charge in [0, 0.05) is 0 Å². The fourth-order valence-corrected chi connectivity index (χ4v) is 3.25. The maximum Gasteiger partial charge on any atom is 0.122 e. The normalized spacial score (nSPS) is 11.1. The van der Waals surface area contributed by atoms with E-state index in [1.165, 1.54) is 69.8 Å². The third kappa shape index (κ3) is 14.0. The summed E-state index contributed by atoms with van der Waals surface area (Å²) < 4.78 is 16.5. The van der Waals surface area contributed by atoms with E-state index in [1.54, 1.807) is 0 Å². The van der Waals surface area contributed by atoms with Crippen LogP contribution in [0.3, 0.4) is 0 Å². The van der Waals surface area contributed by atoms with Gasteiger partial charge in [-0.2, -0.15) is 0 Å². The lowest BCUT2D eigenvalue weighted by Crippen LogP contribution is -2.12. The van der Waals surface area contributed by atoms with Gasteiger partial charge in [0.15, 0.2) is 0 Å². The summed E-state index contributed by atoms with van der Waals surface area (Å²) in [6, 6.07) is 8.34. The largest absolute Gasteiger partial charge is 0.491 e. The van der Waals surface area contributed by atoms with Crippen molar-refractivity contribution in [1.29, 1.82) is 0 Å². The number of aryl methyl sites for hydroxylation is 1. The second kappa shape index (κ2) is 19.2. The van der Waals surface area contributed by atoms with E-state index in [0.29, 0.717) is 33.0 Å². The van der Waals surface area contributed by atoms with Crippen LogP contribution in [0.4, 0.5) is 0 Å². The van der Waals surface area contributed by atoms with Crippen LogP contribution < -0.4 is 4.74 Å². The van der Waals surface area contributed by atoms with Crippen LogP contribution in [0.2, 0.25) is 0 Å². The lowest BCUT2D eigenvalue weighted by molar-refractivity contribution is 0.0246. The first-order valence-corrected chi connectivity index (χ1v) is 11.4. The van der Waals surface area contributed by atoms with E-state index < -0.39 is 0 Å². The first-order chi connectivity index (χ1) is 13.9. The van der Waals surface area contributed by atoms with Crippen molar-refractivity contribution in [2.45, 2.75) is 77.6 Å². The molecule has 1 aromatic carbocycles. The molecule has 0 unspecified atom stereocenters. The highest BCUT2D eigenvalue weighted by atomic mass is 16.5. The summed E-state index contributed by atoms with van der Waals surface area (Å²) in [5.74, 6) is 0.985. The number of para-hydroxylation sites is 1. The molecule has 0 amide bonds. The molecule has 28 heavy (non-hydrogen) atoms. The van der Waals surface area contributed by atoms with Gasteiger partial charge in [0.2, 0.25) is 0 Å². The van der Waals surface area contributed by atoms with Gasteiger partial charge in [0.1, 0.15) is 12.4 Å². The summed E-state index contributed by atoms with van der Waals surface area (Å²) >= 11 is 0. The number of unbranched alkanes of at least 4 members (excludes halogenated alkanes) is 9. The second-order valence-electron chi connectivity index (χ2n) is 7.34. The molecule has 0 saturated carbocycles. The van der Waals surface area contributed by atoms with Crippen molar-refractivity contribution in [2.24, 2.45) is 0 Å². The van der Waals surface area contributed by atoms with E-state index in [-0.39, 0.29) is 6.61 Å². The van der Waals surface area contributed by atoms with E-state index in [4.69, 9.17) is 19.3 Å². The van der Waals surface area contributed by atoms with Gasteiger partial charge in [0.25, 0.3) is 0 Å². The Hall–Kier alpha value is -1.10. The number of benzene rings is 1. The third-order valence-corrected chi connectivity index (χ3v) is 4.87. The molecule has 0 aromatic heterocycles. The third-order valence-electron chi connectivity index (χ3n) is 4.87. The van der Waals surface area contributed by atoms with E-state index in [2.05, 4.69) is 25.1 Å². The standard InChI is InChI=1S/C24H42O4/c1-2-3-4-5-6-7-8-9-10-11-14-23-15-12-13-16-24(23)28-22-21-27-20-19-26-18-17-25/h12-13,15-16,25H,2-11,14,17-22H2,1H3. The zero-order chi connectivity index (χ0) is 20.1. The Bertz CT molecular complexity index is 450. The topological polar surface area (TPSA) is 47.9 Å². The molecular formula is C24H42O4. The number of hydrogen-bond acceptors (Lipinski definition) is 4. The molecule has 0 saturated heterocycles. The fraction of sp³-hybridized carbons (Fsp3) is 0.750. The Labute approximate surface area is 172 Å². The van der Waals surface area contributed by atoms with Crippen molar-refractivity contribution in [3.05, 3.63) is 29.8 Å². The Kier molecular flexibility index (Phi) is 17.1. The molecule has 0 atom stereocenters. The lowest BCUT2D eigenvalue weighted by atomic mass is 10.0. The van der Waals surface area contributed by atoms with Crippen LogP contribution in [-0.2, 0) is 15.9 Å². The predicted molar refractivity (Wildman–Crippen MR) is 116 cm³/mol. The Morgan fingerprint density at radius 3 is 1.93 bits per heavy atom.